The largest absolute Gasteiger partial charge is 0.384 e. The molecule has 0 unspecified atom stereocenters. The summed E-state index contributed by atoms with van der Waals surface area (Å²) in [4.78, 5) is 0. The molecule has 0 aliphatic heterocycles. The normalized spacial score (nSPS) is 9.00. The van der Waals surface area contributed by atoms with E-state index in [-0.39, 0.29) is 12.4 Å². The van der Waals surface area contributed by atoms with E-state index in [1.807, 2.05) is 6.92 Å². The zero-order valence-corrected chi connectivity index (χ0v) is 6.77. The number of rotatable bonds is 0. The Labute approximate surface area is 65.6 Å². The molecule has 58 valence electrons. The lowest BCUT2D eigenvalue weighted by Gasteiger charge is -1.90. The summed E-state index contributed by atoms with van der Waals surface area (Å²) in [7, 11) is 1.76. The molecule has 10 heavy (non-hydrogen) atoms. The highest BCUT2D eigenvalue weighted by atomic mass is 35.5. The van der Waals surface area contributed by atoms with Crippen molar-refractivity contribution in [3.63, 3.8) is 0 Å². The smallest absolute Gasteiger partial charge is 0.150 e. The van der Waals surface area contributed by atoms with Crippen LogP contribution in [0.4, 0.5) is 11.6 Å². The summed E-state index contributed by atoms with van der Waals surface area (Å²) in [6, 6.07) is 0. The van der Waals surface area contributed by atoms with E-state index in [1.54, 1.807) is 11.7 Å². The van der Waals surface area contributed by atoms with Crippen LogP contribution in [-0.2, 0) is 7.05 Å². The number of aromatic nitrogens is 2. The van der Waals surface area contributed by atoms with Crippen LogP contribution in [0.3, 0.4) is 0 Å². The van der Waals surface area contributed by atoms with Gasteiger partial charge in [-0.1, -0.05) is 0 Å². The lowest BCUT2D eigenvalue weighted by molar-refractivity contribution is 0.783. The average molecular weight is 163 g/mol. The maximum Gasteiger partial charge on any atom is 0.150 e. The van der Waals surface area contributed by atoms with Crippen LogP contribution in [0, 0.1) is 6.92 Å². The lowest BCUT2D eigenvalue weighted by atomic mass is 10.3. The predicted molar refractivity (Wildman–Crippen MR) is 44.0 cm³/mol. The molecule has 1 aromatic rings. The van der Waals surface area contributed by atoms with Crippen LogP contribution in [0.25, 0.3) is 0 Å². The maximum absolute atomic E-state index is 5.52. The van der Waals surface area contributed by atoms with Crippen LogP contribution >= 0.6 is 12.4 Å². The number of halogens is 1. The van der Waals surface area contributed by atoms with Gasteiger partial charge in [0.05, 0.1) is 0 Å². The Morgan fingerprint density at radius 1 is 1.40 bits per heavy atom. The third-order valence-electron chi connectivity index (χ3n) is 1.37. The van der Waals surface area contributed by atoms with Crippen LogP contribution in [0.2, 0.25) is 0 Å². The number of hydrogen-bond acceptors (Lipinski definition) is 3. The monoisotopic (exact) mass is 162 g/mol. The quantitative estimate of drug-likeness (QED) is 0.577. The molecular formula is C5H11ClN4. The SMILES string of the molecule is Cc1c(N)nn(C)c1N.Cl. The van der Waals surface area contributed by atoms with Gasteiger partial charge in [0.25, 0.3) is 0 Å². The predicted octanol–water partition coefficient (Wildman–Crippen LogP) is 0.315. The summed E-state index contributed by atoms with van der Waals surface area (Å²) in [5.74, 6) is 1.14. The molecule has 0 saturated carbocycles. The minimum absolute atomic E-state index is 0. The zero-order valence-electron chi connectivity index (χ0n) is 5.96. The molecule has 0 amide bonds. The number of hydrogen-bond donors (Lipinski definition) is 2. The first-order valence-corrected chi connectivity index (χ1v) is 2.67. The summed E-state index contributed by atoms with van der Waals surface area (Å²) < 4.78 is 1.56. The number of nitrogens with zero attached hydrogens (tertiary/aromatic N) is 2. The Bertz CT molecular complexity index is 207. The fourth-order valence-corrected chi connectivity index (χ4v) is 0.664. The van der Waals surface area contributed by atoms with Crippen LogP contribution in [0.5, 0.6) is 0 Å². The van der Waals surface area contributed by atoms with E-state index in [0.717, 1.165) is 5.56 Å². The third-order valence-corrected chi connectivity index (χ3v) is 1.37. The average Bonchev–Trinajstić information content (AvgIpc) is 1.98. The molecular weight excluding hydrogens is 152 g/mol. The van der Waals surface area contributed by atoms with Crippen molar-refractivity contribution in [3.05, 3.63) is 5.56 Å². The number of anilines is 2. The van der Waals surface area contributed by atoms with E-state index in [2.05, 4.69) is 5.10 Å². The van der Waals surface area contributed by atoms with Gasteiger partial charge in [0, 0.05) is 12.6 Å². The Morgan fingerprint density at radius 2 is 1.90 bits per heavy atom. The van der Waals surface area contributed by atoms with Crippen LogP contribution < -0.4 is 11.5 Å². The van der Waals surface area contributed by atoms with Crippen LogP contribution in [-0.4, -0.2) is 9.78 Å². The van der Waals surface area contributed by atoms with Crippen molar-refractivity contribution in [1.29, 1.82) is 0 Å². The number of nitrogens with two attached hydrogens (primary N) is 2. The summed E-state index contributed by atoms with van der Waals surface area (Å²) in [5.41, 5.74) is 11.8. The van der Waals surface area contributed by atoms with Gasteiger partial charge in [-0.3, -0.25) is 4.68 Å². The highest BCUT2D eigenvalue weighted by Gasteiger charge is 2.03. The molecule has 0 aliphatic rings. The van der Waals surface area contributed by atoms with Gasteiger partial charge < -0.3 is 11.5 Å². The standard InChI is InChI=1S/C5H10N4.ClH/c1-3-4(6)8-9(2)5(3)7;/h7H2,1-2H3,(H2,6,8);1H. The van der Waals surface area contributed by atoms with E-state index in [9.17, 15) is 0 Å². The summed E-state index contributed by atoms with van der Waals surface area (Å²) >= 11 is 0. The highest BCUT2D eigenvalue weighted by Crippen LogP contribution is 2.14. The first-order valence-electron chi connectivity index (χ1n) is 2.67. The molecule has 0 saturated heterocycles. The first-order chi connectivity index (χ1) is 4.13. The van der Waals surface area contributed by atoms with Gasteiger partial charge >= 0.3 is 0 Å². The molecule has 5 heteroatoms. The summed E-state index contributed by atoms with van der Waals surface area (Å²) in [5, 5.41) is 3.88. The van der Waals surface area contributed by atoms with Crippen molar-refractivity contribution in [2.24, 2.45) is 7.05 Å². The maximum atomic E-state index is 5.52. The summed E-state index contributed by atoms with van der Waals surface area (Å²) in [6.45, 7) is 1.84. The minimum atomic E-state index is 0. The van der Waals surface area contributed by atoms with Gasteiger partial charge in [-0.05, 0) is 6.92 Å². The molecule has 0 spiro atoms. The lowest BCUT2D eigenvalue weighted by Crippen LogP contribution is -1.97. The highest BCUT2D eigenvalue weighted by molar-refractivity contribution is 5.85. The molecule has 0 aliphatic carbocycles. The molecule has 0 fully saturated rings. The van der Waals surface area contributed by atoms with E-state index in [0.29, 0.717) is 11.6 Å². The van der Waals surface area contributed by atoms with Gasteiger partial charge in [0.2, 0.25) is 0 Å². The number of aryl methyl sites for hydroxylation is 1. The van der Waals surface area contributed by atoms with Crippen LogP contribution in [0.1, 0.15) is 5.56 Å². The Kier molecular flexibility index (Phi) is 2.54. The van der Waals surface area contributed by atoms with Gasteiger partial charge in [-0.15, -0.1) is 12.4 Å². The summed E-state index contributed by atoms with van der Waals surface area (Å²) in [6.07, 6.45) is 0. The van der Waals surface area contributed by atoms with E-state index in [4.69, 9.17) is 11.5 Å². The van der Waals surface area contributed by atoms with Gasteiger partial charge in [-0.25, -0.2) is 0 Å². The molecule has 0 aromatic carbocycles. The topological polar surface area (TPSA) is 69.9 Å². The van der Waals surface area contributed by atoms with E-state index >= 15 is 0 Å². The molecule has 1 rings (SSSR count). The van der Waals surface area contributed by atoms with Crippen molar-refractivity contribution >= 4 is 24.0 Å². The van der Waals surface area contributed by atoms with E-state index in [1.165, 1.54) is 0 Å². The second kappa shape index (κ2) is 2.79. The van der Waals surface area contributed by atoms with Crippen molar-refractivity contribution < 1.29 is 0 Å². The Morgan fingerprint density at radius 3 is 2.00 bits per heavy atom. The Hall–Kier alpha value is -0.900. The van der Waals surface area contributed by atoms with Gasteiger partial charge in [-0.2, -0.15) is 5.10 Å². The van der Waals surface area contributed by atoms with Crippen molar-refractivity contribution in [2.45, 2.75) is 6.92 Å². The third kappa shape index (κ3) is 1.16. The van der Waals surface area contributed by atoms with Crippen molar-refractivity contribution in [2.75, 3.05) is 11.5 Å². The van der Waals surface area contributed by atoms with Crippen LogP contribution in [0.15, 0.2) is 0 Å². The minimum Gasteiger partial charge on any atom is -0.384 e. The molecule has 0 bridgehead atoms. The Balaban J connectivity index is 0.000000810. The fraction of sp³-hybridized carbons (Fsp3) is 0.400. The van der Waals surface area contributed by atoms with Crippen molar-refractivity contribution in [1.82, 2.24) is 9.78 Å². The second-order valence-corrected chi connectivity index (χ2v) is 2.02. The van der Waals surface area contributed by atoms with Gasteiger partial charge in [0.15, 0.2) is 5.82 Å². The van der Waals surface area contributed by atoms with E-state index < -0.39 is 0 Å². The molecule has 4 N–H and O–H groups in total. The fourth-order valence-electron chi connectivity index (χ4n) is 0.664. The molecule has 0 atom stereocenters. The van der Waals surface area contributed by atoms with Crippen molar-refractivity contribution in [3.8, 4) is 0 Å². The molecule has 0 radical (unpaired) electrons. The molecule has 1 aromatic heterocycles. The number of nitrogen functional groups attached to an aromatic ring is 2. The first kappa shape index (κ1) is 9.10. The molecule has 1 heterocycles. The zero-order chi connectivity index (χ0) is 7.02. The second-order valence-electron chi connectivity index (χ2n) is 2.02. The van der Waals surface area contributed by atoms with Gasteiger partial charge in [0.1, 0.15) is 5.82 Å². The molecule has 4 nitrogen and oxygen atoms in total.